The first kappa shape index (κ1) is 14.9. The molecule has 4 nitrogen and oxygen atoms in total. The van der Waals surface area contributed by atoms with Crippen molar-refractivity contribution in [1.29, 1.82) is 0 Å². The topological polar surface area (TPSA) is 60.4 Å². The molecule has 0 unspecified atom stereocenters. The molecule has 6 heteroatoms. The minimum Gasteiger partial charge on any atom is -1.00 e. The van der Waals surface area contributed by atoms with Crippen molar-refractivity contribution in [2.24, 2.45) is 0 Å². The molecule has 0 fully saturated rings. The zero-order valence-electron chi connectivity index (χ0n) is 8.45. The van der Waals surface area contributed by atoms with Crippen molar-refractivity contribution in [2.45, 2.75) is 26.2 Å². The molecule has 0 saturated carbocycles. The van der Waals surface area contributed by atoms with E-state index in [0.29, 0.717) is 6.42 Å². The van der Waals surface area contributed by atoms with E-state index in [2.05, 4.69) is 4.18 Å². The van der Waals surface area contributed by atoms with Crippen molar-refractivity contribution in [1.82, 2.24) is 0 Å². The van der Waals surface area contributed by atoms with E-state index >= 15 is 0 Å². The van der Waals surface area contributed by atoms with Gasteiger partial charge in [-0.15, -0.1) is 0 Å². The monoisotopic (exact) mass is 204 g/mol. The maximum Gasteiger partial charge on any atom is 1.00 e. The van der Waals surface area contributed by atoms with Gasteiger partial charge in [-0.1, -0.05) is 19.8 Å². The Hall–Kier alpha value is 0.420. The third kappa shape index (κ3) is 8.52. The van der Waals surface area contributed by atoms with E-state index in [1.807, 2.05) is 6.92 Å². The van der Waals surface area contributed by atoms with E-state index in [9.17, 15) is 13.2 Å². The molecule has 0 aliphatic heterocycles. The standard InChI is InChI=1S/C6H12O4S.Na.H/c1-2-3-4-5-11(8,9)10-6-7;;/h6H,2-5H2,1H3;;/q;+1;-1. The Morgan fingerprint density at radius 2 is 2.00 bits per heavy atom. The molecule has 0 N–H and O–H groups in total. The van der Waals surface area contributed by atoms with Crippen LogP contribution in [-0.4, -0.2) is 20.6 Å². The van der Waals surface area contributed by atoms with Crippen molar-refractivity contribution in [3.63, 3.8) is 0 Å². The van der Waals surface area contributed by atoms with Gasteiger partial charge in [-0.05, 0) is 6.42 Å². The van der Waals surface area contributed by atoms with Gasteiger partial charge in [0.1, 0.15) is 0 Å². The van der Waals surface area contributed by atoms with E-state index in [1.165, 1.54) is 0 Å². The van der Waals surface area contributed by atoms with Gasteiger partial charge in [0.15, 0.2) is 0 Å². The molecular formula is C6H13NaO4S. The molecule has 0 radical (unpaired) electrons. The zero-order valence-corrected chi connectivity index (χ0v) is 10.3. The Morgan fingerprint density at radius 1 is 1.42 bits per heavy atom. The largest absolute Gasteiger partial charge is 1.00 e. The second-order valence-corrected chi connectivity index (χ2v) is 3.88. The molecule has 0 saturated heterocycles. The van der Waals surface area contributed by atoms with Crippen LogP contribution in [0.25, 0.3) is 0 Å². The summed E-state index contributed by atoms with van der Waals surface area (Å²) in [7, 11) is -3.57. The Balaban J connectivity index is -0.000000500. The first-order valence-electron chi connectivity index (χ1n) is 3.47. The summed E-state index contributed by atoms with van der Waals surface area (Å²) in [4.78, 5) is 9.65. The molecule has 0 rings (SSSR count). The number of hydrogen-bond donors (Lipinski definition) is 0. The first-order valence-corrected chi connectivity index (χ1v) is 5.04. The van der Waals surface area contributed by atoms with Crippen molar-refractivity contribution in [2.75, 3.05) is 5.75 Å². The van der Waals surface area contributed by atoms with Crippen molar-refractivity contribution < 1.29 is 48.4 Å². The normalized spacial score (nSPS) is 10.1. The van der Waals surface area contributed by atoms with Gasteiger partial charge in [0.05, 0.1) is 5.75 Å². The second kappa shape index (κ2) is 8.04. The molecule has 0 bridgehead atoms. The van der Waals surface area contributed by atoms with E-state index in [1.54, 1.807) is 0 Å². The molecular weight excluding hydrogens is 191 g/mol. The van der Waals surface area contributed by atoms with Crippen LogP contribution < -0.4 is 29.6 Å². The van der Waals surface area contributed by atoms with Crippen LogP contribution >= 0.6 is 0 Å². The van der Waals surface area contributed by atoms with Crippen molar-refractivity contribution in [3.8, 4) is 0 Å². The van der Waals surface area contributed by atoms with Crippen LogP contribution in [-0.2, 0) is 19.1 Å². The molecule has 0 aliphatic carbocycles. The summed E-state index contributed by atoms with van der Waals surface area (Å²) in [5, 5.41) is 0. The minimum absolute atomic E-state index is 0. The van der Waals surface area contributed by atoms with Gasteiger partial charge in [-0.25, -0.2) is 0 Å². The molecule has 0 heterocycles. The molecule has 0 aromatic heterocycles. The van der Waals surface area contributed by atoms with Crippen LogP contribution in [0.1, 0.15) is 27.6 Å². The summed E-state index contributed by atoms with van der Waals surface area (Å²) in [5.74, 6) is -0.0699. The molecule has 0 amide bonds. The molecule has 12 heavy (non-hydrogen) atoms. The number of unbranched alkanes of at least 4 members (excludes halogenated alkanes) is 2. The molecule has 0 spiro atoms. The Labute approximate surface area is 96.6 Å². The van der Waals surface area contributed by atoms with Crippen LogP contribution in [0, 0.1) is 0 Å². The minimum atomic E-state index is -3.57. The van der Waals surface area contributed by atoms with E-state index < -0.39 is 10.1 Å². The fraction of sp³-hybridized carbons (Fsp3) is 0.833. The third-order valence-electron chi connectivity index (χ3n) is 1.18. The van der Waals surface area contributed by atoms with Gasteiger partial charge in [-0.2, -0.15) is 8.42 Å². The quantitative estimate of drug-likeness (QED) is 0.213. The first-order chi connectivity index (χ1) is 5.12. The zero-order chi connectivity index (χ0) is 8.74. The summed E-state index contributed by atoms with van der Waals surface area (Å²) in [5.41, 5.74) is 0. The maximum absolute atomic E-state index is 10.7. The van der Waals surface area contributed by atoms with Gasteiger partial charge >= 0.3 is 46.1 Å². The number of rotatable bonds is 6. The Kier molecular flexibility index (Phi) is 9.99. The van der Waals surface area contributed by atoms with Crippen LogP contribution in [0.4, 0.5) is 0 Å². The Bertz CT molecular complexity index is 205. The number of hydrogen-bond acceptors (Lipinski definition) is 4. The summed E-state index contributed by atoms with van der Waals surface area (Å²) < 4.78 is 25.2. The van der Waals surface area contributed by atoms with E-state index in [0.717, 1.165) is 12.8 Å². The van der Waals surface area contributed by atoms with Gasteiger partial charge in [0.25, 0.3) is 0 Å². The molecule has 0 aromatic carbocycles. The van der Waals surface area contributed by atoms with Gasteiger partial charge < -0.3 is 5.61 Å². The number of carbonyl (C=O) groups excluding carboxylic acids is 1. The van der Waals surface area contributed by atoms with Crippen molar-refractivity contribution >= 4 is 16.6 Å². The molecule has 0 atom stereocenters. The van der Waals surface area contributed by atoms with Crippen LogP contribution in [0.5, 0.6) is 0 Å². The smallest absolute Gasteiger partial charge is 1.00 e. The average molecular weight is 204 g/mol. The third-order valence-corrected chi connectivity index (χ3v) is 2.34. The Morgan fingerprint density at radius 3 is 2.42 bits per heavy atom. The van der Waals surface area contributed by atoms with Crippen LogP contribution in [0.15, 0.2) is 0 Å². The summed E-state index contributed by atoms with van der Waals surface area (Å²) in [6, 6.07) is 0. The predicted octanol–water partition coefficient (Wildman–Crippen LogP) is -2.20. The number of carbonyl (C=O) groups is 1. The molecule has 0 aliphatic rings. The SMILES string of the molecule is CCCCCS(=O)(=O)OC=O.[H-].[Na+]. The molecule has 68 valence electrons. The van der Waals surface area contributed by atoms with Crippen molar-refractivity contribution in [3.05, 3.63) is 0 Å². The fourth-order valence-electron chi connectivity index (χ4n) is 0.637. The van der Waals surface area contributed by atoms with Gasteiger partial charge in [0.2, 0.25) is 0 Å². The second-order valence-electron chi connectivity index (χ2n) is 2.16. The summed E-state index contributed by atoms with van der Waals surface area (Å²) in [6.45, 7) is 1.91. The van der Waals surface area contributed by atoms with Gasteiger partial charge in [-0.3, -0.25) is 4.79 Å². The summed E-state index contributed by atoms with van der Waals surface area (Å²) >= 11 is 0. The molecule has 0 aromatic rings. The fourth-order valence-corrected chi connectivity index (χ4v) is 1.41. The van der Waals surface area contributed by atoms with E-state index in [-0.39, 0.29) is 43.2 Å². The maximum atomic E-state index is 10.7. The van der Waals surface area contributed by atoms with Crippen LogP contribution in [0.2, 0.25) is 0 Å². The van der Waals surface area contributed by atoms with Crippen LogP contribution in [0.3, 0.4) is 0 Å². The average Bonchev–Trinajstić information content (AvgIpc) is 1.87. The van der Waals surface area contributed by atoms with E-state index in [4.69, 9.17) is 0 Å². The van der Waals surface area contributed by atoms with Gasteiger partial charge in [0, 0.05) is 0 Å². The summed E-state index contributed by atoms with van der Waals surface area (Å²) in [6.07, 6.45) is 2.32. The predicted molar refractivity (Wildman–Crippen MR) is 41.6 cm³/mol.